The highest BCUT2D eigenvalue weighted by molar-refractivity contribution is 6.09. The molecular formula is C36H33N3O. The first-order valence-electron chi connectivity index (χ1n) is 15.1. The van der Waals surface area contributed by atoms with Crippen LogP contribution in [0, 0.1) is 0 Å². The average Bonchev–Trinajstić information content (AvgIpc) is 3.53. The van der Waals surface area contributed by atoms with E-state index in [1.165, 1.54) is 15.8 Å². The molecule has 7 rings (SSSR count). The molecule has 1 aliphatic rings. The Morgan fingerprint density at radius 2 is 1.38 bits per heavy atom. The number of rotatable bonds is 4. The Morgan fingerprint density at radius 1 is 0.650 bits per heavy atom. The van der Waals surface area contributed by atoms with E-state index < -0.39 is 6.98 Å². The van der Waals surface area contributed by atoms with E-state index >= 15 is 0 Å². The van der Waals surface area contributed by atoms with Crippen molar-refractivity contribution in [1.82, 2.24) is 4.57 Å². The van der Waals surface area contributed by atoms with Gasteiger partial charge in [0, 0.05) is 45.4 Å². The molecule has 0 N–H and O–H groups in total. The van der Waals surface area contributed by atoms with Crippen molar-refractivity contribution in [1.29, 1.82) is 0 Å². The van der Waals surface area contributed by atoms with Crippen LogP contribution in [-0.2, 0) is 5.41 Å². The Labute approximate surface area is 239 Å². The molecule has 5 aromatic carbocycles. The largest absolute Gasteiger partial charge is 0.457 e. The average molecular weight is 527 g/mol. The van der Waals surface area contributed by atoms with Crippen molar-refractivity contribution >= 4 is 38.9 Å². The molecule has 0 spiro atoms. The normalized spacial score (nSPS) is 14.7. The van der Waals surface area contributed by atoms with E-state index in [1.54, 1.807) is 0 Å². The van der Waals surface area contributed by atoms with Gasteiger partial charge < -0.3 is 19.1 Å². The zero-order valence-corrected chi connectivity index (χ0v) is 22.9. The van der Waals surface area contributed by atoms with Crippen LogP contribution in [0.5, 0.6) is 11.5 Å². The standard InChI is InChI=1S/C36H33N3O/c1-36(2,3)25-11-9-13-27(21-25)39-32-16-6-5-15-30(32)31-20-19-29(23-35(31)39)40-28-14-10-12-26(22-28)38-24-37(4)33-17-7-8-18-34(33)38/h5-23H,24H2,1-4H3/i4D3. The molecule has 0 fully saturated rings. The molecule has 0 atom stereocenters. The fraction of sp³-hybridized carbons (Fsp3) is 0.167. The lowest BCUT2D eigenvalue weighted by atomic mass is 9.87. The predicted molar refractivity (Wildman–Crippen MR) is 168 cm³/mol. The zero-order chi connectivity index (χ0) is 29.9. The van der Waals surface area contributed by atoms with Crippen molar-refractivity contribution in [3.8, 4) is 17.2 Å². The summed E-state index contributed by atoms with van der Waals surface area (Å²) in [5, 5.41) is 2.36. The zero-order valence-electron chi connectivity index (χ0n) is 25.9. The summed E-state index contributed by atoms with van der Waals surface area (Å²) in [5.74, 6) is 1.41. The minimum absolute atomic E-state index is 0.0322. The first-order valence-corrected chi connectivity index (χ1v) is 13.6. The third kappa shape index (κ3) is 4.08. The molecule has 40 heavy (non-hydrogen) atoms. The topological polar surface area (TPSA) is 20.6 Å². The third-order valence-electron chi connectivity index (χ3n) is 7.73. The van der Waals surface area contributed by atoms with Gasteiger partial charge in [0.1, 0.15) is 11.5 Å². The van der Waals surface area contributed by atoms with E-state index in [0.717, 1.165) is 39.2 Å². The highest BCUT2D eigenvalue weighted by Crippen LogP contribution is 2.41. The van der Waals surface area contributed by atoms with E-state index in [1.807, 2.05) is 59.5 Å². The molecule has 2 heterocycles. The molecule has 0 saturated carbocycles. The molecule has 0 unspecified atom stereocenters. The molecule has 0 amide bonds. The predicted octanol–water partition coefficient (Wildman–Crippen LogP) is 9.42. The number of aromatic nitrogens is 1. The number of hydrogen-bond donors (Lipinski definition) is 0. The highest BCUT2D eigenvalue weighted by atomic mass is 16.5. The van der Waals surface area contributed by atoms with Gasteiger partial charge in [0.2, 0.25) is 0 Å². The van der Waals surface area contributed by atoms with Crippen LogP contribution in [0.25, 0.3) is 27.5 Å². The Morgan fingerprint density at radius 3 is 2.23 bits per heavy atom. The number of nitrogens with zero attached hydrogens (tertiary/aromatic N) is 3. The van der Waals surface area contributed by atoms with Crippen molar-refractivity contribution in [2.45, 2.75) is 26.2 Å². The molecule has 1 aromatic heterocycles. The Kier molecular flexibility index (Phi) is 4.87. The summed E-state index contributed by atoms with van der Waals surface area (Å²) >= 11 is 0. The molecule has 6 aromatic rings. The molecular weight excluding hydrogens is 490 g/mol. The SMILES string of the molecule is [2H]C([2H])([2H])N1CN(c2cccc(Oc3ccc4c5ccccc5n(-c5cccc(C(C)(C)C)c5)c4c3)c2)c2ccccc21. The molecule has 198 valence electrons. The van der Waals surface area contributed by atoms with Crippen molar-refractivity contribution in [3.63, 3.8) is 0 Å². The number of fused-ring (bicyclic) bond motifs is 4. The maximum absolute atomic E-state index is 8.04. The Hall–Kier alpha value is -4.70. The smallest absolute Gasteiger partial charge is 0.129 e. The van der Waals surface area contributed by atoms with Crippen molar-refractivity contribution in [2.24, 2.45) is 0 Å². The lowest BCUT2D eigenvalue weighted by Gasteiger charge is -2.20. The molecule has 0 aliphatic carbocycles. The summed E-state index contributed by atoms with van der Waals surface area (Å²) < 4.78 is 32.9. The number of benzene rings is 5. The molecule has 1 aliphatic heterocycles. The fourth-order valence-electron chi connectivity index (χ4n) is 5.69. The van der Waals surface area contributed by atoms with Gasteiger partial charge in [-0.05, 0) is 65.6 Å². The maximum atomic E-state index is 8.04. The van der Waals surface area contributed by atoms with Gasteiger partial charge in [0.05, 0.1) is 29.1 Å². The van der Waals surface area contributed by atoms with E-state index in [-0.39, 0.29) is 12.1 Å². The van der Waals surface area contributed by atoms with Crippen LogP contribution < -0.4 is 14.5 Å². The number of hydrogen-bond acceptors (Lipinski definition) is 3. The first kappa shape index (κ1) is 21.2. The second kappa shape index (κ2) is 9.20. The number of ether oxygens (including phenoxy) is 1. The molecule has 4 nitrogen and oxygen atoms in total. The maximum Gasteiger partial charge on any atom is 0.129 e. The number of anilines is 3. The highest BCUT2D eigenvalue weighted by Gasteiger charge is 2.24. The summed E-state index contributed by atoms with van der Waals surface area (Å²) in [6.07, 6.45) is 0. The minimum Gasteiger partial charge on any atom is -0.457 e. The van der Waals surface area contributed by atoms with Crippen LogP contribution in [0.3, 0.4) is 0 Å². The number of para-hydroxylation sites is 3. The quantitative estimate of drug-likeness (QED) is 0.228. The van der Waals surface area contributed by atoms with Gasteiger partial charge in [0.25, 0.3) is 0 Å². The summed E-state index contributed by atoms with van der Waals surface area (Å²) in [4.78, 5) is 3.47. The molecule has 0 bridgehead atoms. The van der Waals surface area contributed by atoms with Crippen LogP contribution in [0.4, 0.5) is 17.1 Å². The van der Waals surface area contributed by atoms with Gasteiger partial charge in [-0.15, -0.1) is 0 Å². The minimum atomic E-state index is -2.24. The monoisotopic (exact) mass is 526 g/mol. The van der Waals surface area contributed by atoms with Crippen molar-refractivity contribution in [3.05, 3.63) is 121 Å². The van der Waals surface area contributed by atoms with Crippen LogP contribution in [0.2, 0.25) is 0 Å². The summed E-state index contributed by atoms with van der Waals surface area (Å²) in [5.41, 5.74) is 7.07. The molecule has 0 saturated heterocycles. The van der Waals surface area contributed by atoms with E-state index in [2.05, 4.69) is 86.0 Å². The van der Waals surface area contributed by atoms with Gasteiger partial charge in [-0.3, -0.25) is 0 Å². The second-order valence-corrected chi connectivity index (χ2v) is 11.4. The lowest BCUT2D eigenvalue weighted by molar-refractivity contribution is 0.483. The van der Waals surface area contributed by atoms with Crippen LogP contribution in [0.15, 0.2) is 115 Å². The first-order chi connectivity index (χ1) is 20.6. The third-order valence-corrected chi connectivity index (χ3v) is 7.73. The van der Waals surface area contributed by atoms with Gasteiger partial charge in [0.15, 0.2) is 0 Å². The summed E-state index contributed by atoms with van der Waals surface area (Å²) in [6.45, 7) is 4.70. The summed E-state index contributed by atoms with van der Waals surface area (Å²) in [7, 11) is 0. The van der Waals surface area contributed by atoms with E-state index in [0.29, 0.717) is 11.4 Å². The van der Waals surface area contributed by atoms with Crippen LogP contribution in [-0.4, -0.2) is 18.2 Å². The van der Waals surface area contributed by atoms with Crippen molar-refractivity contribution in [2.75, 3.05) is 23.4 Å². The van der Waals surface area contributed by atoms with Gasteiger partial charge in [-0.25, -0.2) is 0 Å². The lowest BCUT2D eigenvalue weighted by Crippen LogP contribution is -2.23. The van der Waals surface area contributed by atoms with Gasteiger partial charge in [-0.2, -0.15) is 0 Å². The van der Waals surface area contributed by atoms with Gasteiger partial charge in [-0.1, -0.05) is 69.3 Å². The second-order valence-electron chi connectivity index (χ2n) is 11.4. The fourth-order valence-corrected chi connectivity index (χ4v) is 5.69. The van der Waals surface area contributed by atoms with Crippen LogP contribution in [0.1, 0.15) is 30.4 Å². The van der Waals surface area contributed by atoms with Gasteiger partial charge >= 0.3 is 0 Å². The molecule has 0 radical (unpaired) electrons. The Balaban J connectivity index is 1.28. The van der Waals surface area contributed by atoms with E-state index in [4.69, 9.17) is 8.85 Å². The summed E-state index contributed by atoms with van der Waals surface area (Å²) in [6, 6.07) is 38.9. The Bertz CT molecular complexity index is 1990. The van der Waals surface area contributed by atoms with Crippen molar-refractivity contribution < 1.29 is 8.85 Å². The molecule has 4 heteroatoms. The van der Waals surface area contributed by atoms with Crippen LogP contribution >= 0.6 is 0 Å². The van der Waals surface area contributed by atoms with E-state index in [9.17, 15) is 0 Å².